The predicted molar refractivity (Wildman–Crippen MR) is 125 cm³/mol. The zero-order valence-electron chi connectivity index (χ0n) is 17.4. The van der Waals surface area contributed by atoms with Crippen LogP contribution < -0.4 is 10.1 Å². The number of hydrogen-bond donors (Lipinski definition) is 1. The van der Waals surface area contributed by atoms with Gasteiger partial charge >= 0.3 is 5.97 Å². The van der Waals surface area contributed by atoms with Crippen molar-refractivity contribution in [1.82, 2.24) is 0 Å². The highest BCUT2D eigenvalue weighted by molar-refractivity contribution is 7.15. The van der Waals surface area contributed by atoms with Crippen LogP contribution in [0.5, 0.6) is 5.75 Å². The normalized spacial score (nSPS) is 10.5. The van der Waals surface area contributed by atoms with Crippen molar-refractivity contribution < 1.29 is 19.1 Å². The summed E-state index contributed by atoms with van der Waals surface area (Å²) in [6.07, 6.45) is 0.882. The highest BCUT2D eigenvalue weighted by Gasteiger charge is 2.22. The zero-order chi connectivity index (χ0) is 22.2. The Morgan fingerprint density at radius 3 is 2.35 bits per heavy atom. The lowest BCUT2D eigenvalue weighted by Crippen LogP contribution is -2.15. The molecule has 0 spiro atoms. The van der Waals surface area contributed by atoms with Gasteiger partial charge in [-0.15, -0.1) is 11.3 Å². The molecular formula is C24H24ClNO4S. The lowest BCUT2D eigenvalue weighted by atomic mass is 10.0. The second-order valence-electron chi connectivity index (χ2n) is 6.71. The Kier molecular flexibility index (Phi) is 8.09. The molecule has 0 saturated carbocycles. The number of thiophene rings is 1. The van der Waals surface area contributed by atoms with Gasteiger partial charge in [0, 0.05) is 22.4 Å². The van der Waals surface area contributed by atoms with E-state index in [4.69, 9.17) is 21.1 Å². The molecule has 0 fully saturated rings. The number of amides is 1. The molecule has 0 aliphatic heterocycles. The number of esters is 1. The molecule has 0 atom stereocenters. The highest BCUT2D eigenvalue weighted by atomic mass is 35.5. The molecule has 0 aliphatic rings. The van der Waals surface area contributed by atoms with Gasteiger partial charge in [0.05, 0.1) is 13.2 Å². The molecular weight excluding hydrogens is 434 g/mol. The van der Waals surface area contributed by atoms with Crippen LogP contribution in [-0.4, -0.2) is 25.1 Å². The fourth-order valence-electron chi connectivity index (χ4n) is 3.06. The molecule has 0 aliphatic carbocycles. The number of carbonyl (C=O) groups is 2. The molecule has 1 heterocycles. The van der Waals surface area contributed by atoms with Gasteiger partial charge in [-0.2, -0.15) is 0 Å². The summed E-state index contributed by atoms with van der Waals surface area (Å²) in [5.74, 6) is 0.183. The van der Waals surface area contributed by atoms with Crippen LogP contribution in [0.25, 0.3) is 11.1 Å². The smallest absolute Gasteiger partial charge is 0.341 e. The van der Waals surface area contributed by atoms with Gasteiger partial charge in [-0.1, -0.05) is 35.9 Å². The lowest BCUT2D eigenvalue weighted by Gasteiger charge is -2.09. The monoisotopic (exact) mass is 457 g/mol. The van der Waals surface area contributed by atoms with E-state index in [1.165, 1.54) is 11.3 Å². The van der Waals surface area contributed by atoms with Gasteiger partial charge in [-0.05, 0) is 55.7 Å². The Bertz CT molecular complexity index is 1030. The van der Waals surface area contributed by atoms with Gasteiger partial charge in [0.15, 0.2) is 0 Å². The summed E-state index contributed by atoms with van der Waals surface area (Å²) >= 11 is 7.29. The largest absolute Gasteiger partial charge is 0.494 e. The van der Waals surface area contributed by atoms with Gasteiger partial charge in [0.25, 0.3) is 0 Å². The van der Waals surface area contributed by atoms with Crippen molar-refractivity contribution in [3.8, 4) is 16.9 Å². The molecule has 3 rings (SSSR count). The first kappa shape index (κ1) is 22.8. The van der Waals surface area contributed by atoms with E-state index in [0.29, 0.717) is 40.6 Å². The molecule has 162 valence electrons. The number of carbonyl (C=O) groups excluding carboxylic acids is 2. The van der Waals surface area contributed by atoms with E-state index in [1.54, 1.807) is 19.1 Å². The fraction of sp³-hybridized carbons (Fsp3) is 0.250. The van der Waals surface area contributed by atoms with E-state index in [2.05, 4.69) is 5.32 Å². The minimum atomic E-state index is -0.462. The summed E-state index contributed by atoms with van der Waals surface area (Å²) in [5, 5.41) is 5.82. The number of halogens is 1. The van der Waals surface area contributed by atoms with E-state index in [1.807, 2.05) is 48.7 Å². The SMILES string of the molecule is CCOC(=O)c1c(-c2ccc(Cl)cc2)csc1NC(=O)CCc1ccc(OCC)cc1. The second-order valence-corrected chi connectivity index (χ2v) is 8.02. The lowest BCUT2D eigenvalue weighted by molar-refractivity contribution is -0.116. The van der Waals surface area contributed by atoms with Crippen molar-refractivity contribution >= 4 is 39.8 Å². The number of nitrogens with one attached hydrogen (secondary N) is 1. The number of anilines is 1. The van der Waals surface area contributed by atoms with E-state index < -0.39 is 5.97 Å². The van der Waals surface area contributed by atoms with Gasteiger partial charge in [-0.25, -0.2) is 4.79 Å². The Labute approximate surface area is 191 Å². The molecule has 5 nitrogen and oxygen atoms in total. The third-order valence-corrected chi connectivity index (χ3v) is 5.70. The van der Waals surface area contributed by atoms with Crippen molar-refractivity contribution in [2.24, 2.45) is 0 Å². The summed E-state index contributed by atoms with van der Waals surface area (Å²) in [5.41, 5.74) is 2.95. The molecule has 1 amide bonds. The van der Waals surface area contributed by atoms with Gasteiger partial charge < -0.3 is 14.8 Å². The molecule has 0 saturated heterocycles. The summed E-state index contributed by atoms with van der Waals surface area (Å²) in [4.78, 5) is 25.2. The number of rotatable bonds is 9. The third-order valence-electron chi connectivity index (χ3n) is 4.55. The summed E-state index contributed by atoms with van der Waals surface area (Å²) in [6, 6.07) is 14.9. The maximum absolute atomic E-state index is 12.6. The number of ether oxygens (including phenoxy) is 2. The first-order valence-corrected chi connectivity index (χ1v) is 11.3. The van der Waals surface area contributed by atoms with E-state index >= 15 is 0 Å². The second kappa shape index (κ2) is 11.0. The number of aryl methyl sites for hydroxylation is 1. The molecule has 7 heteroatoms. The minimum absolute atomic E-state index is 0.163. The Hall–Kier alpha value is -2.83. The van der Waals surface area contributed by atoms with Gasteiger partial charge in [0.2, 0.25) is 5.91 Å². The van der Waals surface area contributed by atoms with Crippen LogP contribution in [0, 0.1) is 0 Å². The Balaban J connectivity index is 1.73. The van der Waals surface area contributed by atoms with Crippen LogP contribution in [0.4, 0.5) is 5.00 Å². The molecule has 0 radical (unpaired) electrons. The maximum atomic E-state index is 12.6. The predicted octanol–water partition coefficient (Wildman–Crippen LogP) is 6.22. The molecule has 1 aromatic heterocycles. The van der Waals surface area contributed by atoms with Crippen molar-refractivity contribution in [3.05, 3.63) is 70.1 Å². The quantitative estimate of drug-likeness (QED) is 0.387. The van der Waals surface area contributed by atoms with Gasteiger partial charge in [-0.3, -0.25) is 4.79 Å². The van der Waals surface area contributed by atoms with Crippen LogP contribution in [0.15, 0.2) is 53.9 Å². The van der Waals surface area contributed by atoms with Crippen LogP contribution >= 0.6 is 22.9 Å². The number of hydrogen-bond acceptors (Lipinski definition) is 5. The molecule has 0 bridgehead atoms. The van der Waals surface area contributed by atoms with Crippen molar-refractivity contribution in [3.63, 3.8) is 0 Å². The fourth-order valence-corrected chi connectivity index (χ4v) is 4.16. The average Bonchev–Trinajstić information content (AvgIpc) is 3.17. The minimum Gasteiger partial charge on any atom is -0.494 e. The summed E-state index contributed by atoms with van der Waals surface area (Å²) in [6.45, 7) is 4.55. The molecule has 3 aromatic rings. The van der Waals surface area contributed by atoms with E-state index in [9.17, 15) is 9.59 Å². The first-order chi connectivity index (χ1) is 15.0. The molecule has 0 unspecified atom stereocenters. The standard InChI is InChI=1S/C24H24ClNO4S/c1-3-29-19-12-5-16(6-13-19)7-14-21(27)26-23-22(24(28)30-4-2)20(15-31-23)17-8-10-18(25)11-9-17/h5-6,8-13,15H,3-4,7,14H2,1-2H3,(H,26,27). The molecule has 2 aromatic carbocycles. The zero-order valence-corrected chi connectivity index (χ0v) is 19.0. The molecule has 1 N–H and O–H groups in total. The van der Waals surface area contributed by atoms with Crippen LogP contribution in [-0.2, 0) is 16.0 Å². The van der Waals surface area contributed by atoms with Crippen LogP contribution in [0.2, 0.25) is 5.02 Å². The van der Waals surface area contributed by atoms with Crippen molar-refractivity contribution in [2.75, 3.05) is 18.5 Å². The summed E-state index contributed by atoms with van der Waals surface area (Å²) in [7, 11) is 0. The van der Waals surface area contributed by atoms with E-state index in [-0.39, 0.29) is 12.5 Å². The van der Waals surface area contributed by atoms with Crippen molar-refractivity contribution in [1.29, 1.82) is 0 Å². The highest BCUT2D eigenvalue weighted by Crippen LogP contribution is 2.36. The van der Waals surface area contributed by atoms with Crippen LogP contribution in [0.1, 0.15) is 36.2 Å². The Morgan fingerprint density at radius 1 is 1.00 bits per heavy atom. The Morgan fingerprint density at radius 2 is 1.71 bits per heavy atom. The number of benzene rings is 2. The van der Waals surface area contributed by atoms with Gasteiger partial charge in [0.1, 0.15) is 16.3 Å². The van der Waals surface area contributed by atoms with Crippen molar-refractivity contribution in [2.45, 2.75) is 26.7 Å². The third kappa shape index (κ3) is 6.09. The first-order valence-electron chi connectivity index (χ1n) is 10.1. The van der Waals surface area contributed by atoms with E-state index in [0.717, 1.165) is 16.9 Å². The summed E-state index contributed by atoms with van der Waals surface area (Å²) < 4.78 is 10.7. The van der Waals surface area contributed by atoms with Crippen LogP contribution in [0.3, 0.4) is 0 Å². The topological polar surface area (TPSA) is 64.6 Å². The molecule has 31 heavy (non-hydrogen) atoms. The maximum Gasteiger partial charge on any atom is 0.341 e. The average molecular weight is 458 g/mol.